The molecule has 0 saturated heterocycles. The summed E-state index contributed by atoms with van der Waals surface area (Å²) in [6.45, 7) is 11.1. The van der Waals surface area contributed by atoms with Crippen LogP contribution in [0, 0.1) is 13.8 Å². The lowest BCUT2D eigenvalue weighted by Gasteiger charge is -2.10. The summed E-state index contributed by atoms with van der Waals surface area (Å²) >= 11 is 0. The molecule has 0 atom stereocenters. The highest BCUT2D eigenvalue weighted by atomic mass is 16.5. The number of aryl methyl sites for hydroxylation is 2. The fourth-order valence-electron chi connectivity index (χ4n) is 3.03. The lowest BCUT2D eigenvalue weighted by atomic mass is 10.1. The summed E-state index contributed by atoms with van der Waals surface area (Å²) in [5.74, 6) is 0.435. The molecular formula is C21H24N4O4. The first-order valence-electron chi connectivity index (χ1n) is 9.32. The van der Waals surface area contributed by atoms with Crippen LogP contribution in [-0.4, -0.2) is 39.8 Å². The molecule has 3 aromatic rings. The molecule has 0 fully saturated rings. The summed E-state index contributed by atoms with van der Waals surface area (Å²) in [4.78, 5) is 29.3. The number of pyridine rings is 1. The van der Waals surface area contributed by atoms with Crippen molar-refractivity contribution >= 4 is 22.9 Å². The number of ether oxygens (including phenoxy) is 1. The second kappa shape index (κ2) is 8.30. The van der Waals surface area contributed by atoms with Gasteiger partial charge in [0.15, 0.2) is 12.3 Å². The van der Waals surface area contributed by atoms with E-state index in [1.165, 1.54) is 0 Å². The minimum absolute atomic E-state index is 0.0518. The number of aromatic nitrogens is 3. The number of carbonyl (C=O) groups is 2. The topological polar surface area (TPSA) is 99.2 Å². The van der Waals surface area contributed by atoms with E-state index in [-0.39, 0.29) is 12.6 Å². The highest BCUT2D eigenvalue weighted by Gasteiger charge is 2.21. The van der Waals surface area contributed by atoms with Gasteiger partial charge in [0.25, 0.3) is 5.91 Å². The van der Waals surface area contributed by atoms with Gasteiger partial charge in [-0.05, 0) is 39.8 Å². The number of amides is 1. The Bertz CT molecular complexity index is 1080. The minimum Gasteiger partial charge on any atom is -0.466 e. The van der Waals surface area contributed by atoms with Gasteiger partial charge in [0, 0.05) is 18.2 Å². The molecule has 3 heterocycles. The van der Waals surface area contributed by atoms with Gasteiger partial charge in [0.05, 0.1) is 22.8 Å². The first kappa shape index (κ1) is 20.3. The number of hydrogen-bond acceptors (Lipinski definition) is 6. The molecule has 3 aromatic heterocycles. The summed E-state index contributed by atoms with van der Waals surface area (Å²) in [6.07, 6.45) is 3.14. The van der Waals surface area contributed by atoms with Crippen LogP contribution in [0.25, 0.3) is 22.3 Å². The van der Waals surface area contributed by atoms with Crippen molar-refractivity contribution in [1.29, 1.82) is 0 Å². The van der Waals surface area contributed by atoms with Gasteiger partial charge in [-0.1, -0.05) is 6.08 Å². The molecule has 0 aliphatic heterocycles. The predicted octanol–water partition coefficient (Wildman–Crippen LogP) is 3.35. The molecule has 0 aliphatic rings. The van der Waals surface area contributed by atoms with Crippen LogP contribution >= 0.6 is 0 Å². The standard InChI is InChI=1S/C21H24N4O4/c1-6-7-22-19(26)11-28-21(27)16-9-18(15-8-13(4)29-14(15)5)24-20-17(16)10-23-25(20)12(2)3/h6,8-10,12H,1,7,11H2,2-5H3,(H,22,26). The Morgan fingerprint density at radius 2 is 2.10 bits per heavy atom. The number of furan rings is 1. The zero-order valence-electron chi connectivity index (χ0n) is 17.0. The minimum atomic E-state index is -0.617. The maximum Gasteiger partial charge on any atom is 0.339 e. The third-order valence-electron chi connectivity index (χ3n) is 4.37. The Hall–Kier alpha value is -3.42. The van der Waals surface area contributed by atoms with Gasteiger partial charge >= 0.3 is 5.97 Å². The van der Waals surface area contributed by atoms with E-state index in [2.05, 4.69) is 17.0 Å². The summed E-state index contributed by atoms with van der Waals surface area (Å²) in [5.41, 5.74) is 2.24. The van der Waals surface area contributed by atoms with Gasteiger partial charge in [-0.15, -0.1) is 6.58 Å². The van der Waals surface area contributed by atoms with Gasteiger partial charge in [-0.2, -0.15) is 5.10 Å². The quantitative estimate of drug-likeness (QED) is 0.486. The van der Waals surface area contributed by atoms with Crippen molar-refractivity contribution in [1.82, 2.24) is 20.1 Å². The molecule has 1 amide bonds. The normalized spacial score (nSPS) is 11.1. The molecule has 29 heavy (non-hydrogen) atoms. The van der Waals surface area contributed by atoms with Gasteiger partial charge in [0.1, 0.15) is 11.5 Å². The lowest BCUT2D eigenvalue weighted by Crippen LogP contribution is -2.28. The highest BCUT2D eigenvalue weighted by Crippen LogP contribution is 2.30. The Morgan fingerprint density at radius 1 is 1.34 bits per heavy atom. The molecule has 0 radical (unpaired) electrons. The van der Waals surface area contributed by atoms with E-state index in [1.807, 2.05) is 33.8 Å². The van der Waals surface area contributed by atoms with Crippen molar-refractivity contribution in [3.8, 4) is 11.3 Å². The van der Waals surface area contributed by atoms with Gasteiger partial charge in [0.2, 0.25) is 0 Å². The first-order chi connectivity index (χ1) is 13.8. The molecule has 8 heteroatoms. The molecule has 0 aromatic carbocycles. The number of hydrogen-bond donors (Lipinski definition) is 1. The van der Waals surface area contributed by atoms with Gasteiger partial charge in [-0.3, -0.25) is 4.79 Å². The number of rotatable bonds is 7. The van der Waals surface area contributed by atoms with Crippen LogP contribution in [0.2, 0.25) is 0 Å². The van der Waals surface area contributed by atoms with Crippen LogP contribution in [0.3, 0.4) is 0 Å². The summed E-state index contributed by atoms with van der Waals surface area (Å²) < 4.78 is 12.6. The number of nitrogens with one attached hydrogen (secondary N) is 1. The van der Waals surface area contributed by atoms with E-state index in [9.17, 15) is 9.59 Å². The predicted molar refractivity (Wildman–Crippen MR) is 109 cm³/mol. The number of carbonyl (C=O) groups excluding carboxylic acids is 2. The van der Waals surface area contributed by atoms with Crippen LogP contribution in [0.15, 0.2) is 35.4 Å². The summed E-state index contributed by atoms with van der Waals surface area (Å²) in [5, 5.41) is 7.50. The van der Waals surface area contributed by atoms with E-state index in [1.54, 1.807) is 23.0 Å². The molecule has 0 saturated carbocycles. The average molecular weight is 396 g/mol. The Balaban J connectivity index is 2.03. The van der Waals surface area contributed by atoms with Crippen molar-refractivity contribution in [2.75, 3.05) is 13.2 Å². The SMILES string of the molecule is C=CCNC(=O)COC(=O)c1cc(-c2cc(C)oc2C)nc2c1cnn2C(C)C. The van der Waals surface area contributed by atoms with E-state index in [4.69, 9.17) is 14.1 Å². The van der Waals surface area contributed by atoms with Crippen molar-refractivity contribution in [2.45, 2.75) is 33.7 Å². The highest BCUT2D eigenvalue weighted by molar-refractivity contribution is 6.04. The molecule has 152 valence electrons. The molecular weight excluding hydrogens is 372 g/mol. The third kappa shape index (κ3) is 4.21. The number of fused-ring (bicyclic) bond motifs is 1. The number of esters is 1. The Kier molecular flexibility index (Phi) is 5.81. The molecule has 3 rings (SSSR count). The van der Waals surface area contributed by atoms with E-state index >= 15 is 0 Å². The molecule has 1 N–H and O–H groups in total. The van der Waals surface area contributed by atoms with Crippen LogP contribution < -0.4 is 5.32 Å². The van der Waals surface area contributed by atoms with Crippen LogP contribution in [0.1, 0.15) is 41.8 Å². The molecule has 8 nitrogen and oxygen atoms in total. The van der Waals surface area contributed by atoms with Gasteiger partial charge in [-0.25, -0.2) is 14.5 Å². The van der Waals surface area contributed by atoms with Crippen LogP contribution in [0.5, 0.6) is 0 Å². The molecule has 0 aliphatic carbocycles. The van der Waals surface area contributed by atoms with E-state index in [0.29, 0.717) is 34.6 Å². The van der Waals surface area contributed by atoms with Gasteiger partial charge < -0.3 is 14.5 Å². The summed E-state index contributed by atoms with van der Waals surface area (Å²) in [6, 6.07) is 3.57. The number of nitrogens with zero attached hydrogens (tertiary/aromatic N) is 3. The second-order valence-electron chi connectivity index (χ2n) is 6.97. The average Bonchev–Trinajstić information content (AvgIpc) is 3.26. The maximum atomic E-state index is 12.8. The Morgan fingerprint density at radius 3 is 2.72 bits per heavy atom. The lowest BCUT2D eigenvalue weighted by molar-refractivity contribution is -0.124. The van der Waals surface area contributed by atoms with Crippen molar-refractivity contribution in [3.05, 3.63) is 48.1 Å². The van der Waals surface area contributed by atoms with Crippen LogP contribution in [-0.2, 0) is 9.53 Å². The smallest absolute Gasteiger partial charge is 0.339 e. The zero-order chi connectivity index (χ0) is 21.1. The van der Waals surface area contributed by atoms with E-state index < -0.39 is 11.9 Å². The second-order valence-corrected chi connectivity index (χ2v) is 6.97. The summed E-state index contributed by atoms with van der Waals surface area (Å²) in [7, 11) is 0. The first-order valence-corrected chi connectivity index (χ1v) is 9.32. The third-order valence-corrected chi connectivity index (χ3v) is 4.37. The van der Waals surface area contributed by atoms with Crippen molar-refractivity contribution in [3.63, 3.8) is 0 Å². The fraction of sp³-hybridized carbons (Fsp3) is 0.333. The van der Waals surface area contributed by atoms with Crippen LogP contribution in [0.4, 0.5) is 0 Å². The van der Waals surface area contributed by atoms with Crippen molar-refractivity contribution in [2.24, 2.45) is 0 Å². The van der Waals surface area contributed by atoms with Crippen molar-refractivity contribution < 1.29 is 18.7 Å². The molecule has 0 unspecified atom stereocenters. The molecule has 0 bridgehead atoms. The fourth-order valence-corrected chi connectivity index (χ4v) is 3.03. The zero-order valence-corrected chi connectivity index (χ0v) is 17.0. The largest absolute Gasteiger partial charge is 0.466 e. The monoisotopic (exact) mass is 396 g/mol. The van der Waals surface area contributed by atoms with E-state index in [0.717, 1.165) is 11.3 Å². The maximum absolute atomic E-state index is 12.8. The molecule has 0 spiro atoms. The Labute approximate surface area is 168 Å².